The minimum atomic E-state index is -1.14. The second kappa shape index (κ2) is 8.01. The van der Waals surface area contributed by atoms with Crippen LogP contribution in [0.4, 0.5) is 11.4 Å². The zero-order valence-electron chi connectivity index (χ0n) is 15.6. The highest BCUT2D eigenvalue weighted by molar-refractivity contribution is 6.30. The quantitative estimate of drug-likeness (QED) is 0.817. The van der Waals surface area contributed by atoms with Crippen molar-refractivity contribution in [3.8, 4) is 0 Å². The molecule has 1 heterocycles. The highest BCUT2D eigenvalue weighted by Crippen LogP contribution is 2.24. The molecule has 2 aromatic carbocycles. The first-order valence-electron chi connectivity index (χ1n) is 9.04. The second-order valence-electron chi connectivity index (χ2n) is 7.20. The molecule has 1 N–H and O–H groups in total. The summed E-state index contributed by atoms with van der Waals surface area (Å²) in [6, 6.07) is 17.0. The topological polar surface area (TPSA) is 52.7 Å². The molecule has 2 amide bonds. The summed E-state index contributed by atoms with van der Waals surface area (Å²) in [5.74, 6) is -0.470. The Hall–Kier alpha value is -2.53. The lowest BCUT2D eigenvalue weighted by Crippen LogP contribution is -2.54. The molecule has 1 saturated heterocycles. The molecule has 1 aliphatic rings. The summed E-state index contributed by atoms with van der Waals surface area (Å²) in [6.45, 7) is 6.06. The molecule has 27 heavy (non-hydrogen) atoms. The van der Waals surface area contributed by atoms with Gasteiger partial charge in [-0.05, 0) is 50.2 Å². The molecule has 5 nitrogen and oxygen atoms in total. The molecule has 0 aliphatic carbocycles. The van der Waals surface area contributed by atoms with E-state index in [9.17, 15) is 9.59 Å². The smallest absolute Gasteiger partial charge is 0.239 e. The maximum atomic E-state index is 13.0. The van der Waals surface area contributed by atoms with Crippen molar-refractivity contribution >= 4 is 34.8 Å². The first-order valence-corrected chi connectivity index (χ1v) is 9.42. The minimum absolute atomic E-state index is 0.151. The van der Waals surface area contributed by atoms with E-state index < -0.39 is 5.41 Å². The highest BCUT2D eigenvalue weighted by Gasteiger charge is 2.40. The molecule has 1 aliphatic heterocycles. The summed E-state index contributed by atoms with van der Waals surface area (Å²) in [6.07, 6.45) is 0. The summed E-state index contributed by atoms with van der Waals surface area (Å²) in [5.41, 5.74) is 0.637. The van der Waals surface area contributed by atoms with Gasteiger partial charge in [-0.3, -0.25) is 9.59 Å². The fourth-order valence-corrected chi connectivity index (χ4v) is 3.25. The molecular weight excluding hydrogens is 362 g/mol. The Morgan fingerprint density at radius 1 is 0.926 bits per heavy atom. The van der Waals surface area contributed by atoms with Gasteiger partial charge in [-0.1, -0.05) is 29.8 Å². The van der Waals surface area contributed by atoms with E-state index in [4.69, 9.17) is 11.6 Å². The van der Waals surface area contributed by atoms with Crippen LogP contribution in [0.1, 0.15) is 13.8 Å². The number of carbonyl (C=O) groups excluding carboxylic acids is 2. The molecule has 2 aromatic rings. The SMILES string of the molecule is CC(C)(C(=O)Nc1ccc(Cl)cc1)C(=O)N1CCN(c2ccccc2)CC1. The van der Waals surface area contributed by atoms with Crippen molar-refractivity contribution in [2.45, 2.75) is 13.8 Å². The van der Waals surface area contributed by atoms with E-state index in [1.807, 2.05) is 18.2 Å². The number of piperazine rings is 1. The van der Waals surface area contributed by atoms with Crippen LogP contribution in [0.5, 0.6) is 0 Å². The largest absolute Gasteiger partial charge is 0.368 e. The number of rotatable bonds is 4. The number of carbonyl (C=O) groups is 2. The summed E-state index contributed by atoms with van der Waals surface area (Å²) in [7, 11) is 0. The number of halogens is 1. The molecule has 0 unspecified atom stereocenters. The van der Waals surface area contributed by atoms with Gasteiger partial charge in [0.25, 0.3) is 0 Å². The lowest BCUT2D eigenvalue weighted by atomic mass is 9.89. The lowest BCUT2D eigenvalue weighted by molar-refractivity contribution is -0.146. The predicted octanol–water partition coefficient (Wildman–Crippen LogP) is 3.65. The standard InChI is InChI=1S/C21H24ClN3O2/c1-21(2,19(26)23-17-10-8-16(22)9-11-17)20(27)25-14-12-24(13-15-25)18-6-4-3-5-7-18/h3-11H,12-15H2,1-2H3,(H,23,26). The fourth-order valence-electron chi connectivity index (χ4n) is 3.12. The van der Waals surface area contributed by atoms with Crippen molar-refractivity contribution in [2.24, 2.45) is 5.41 Å². The van der Waals surface area contributed by atoms with Gasteiger partial charge in [0.2, 0.25) is 11.8 Å². The second-order valence-corrected chi connectivity index (χ2v) is 7.64. The van der Waals surface area contributed by atoms with Crippen molar-refractivity contribution in [3.63, 3.8) is 0 Å². The van der Waals surface area contributed by atoms with Gasteiger partial charge in [-0.25, -0.2) is 0 Å². The van der Waals surface area contributed by atoms with Crippen molar-refractivity contribution < 1.29 is 9.59 Å². The van der Waals surface area contributed by atoms with E-state index in [1.54, 1.807) is 43.0 Å². The number of amides is 2. The maximum absolute atomic E-state index is 13.0. The monoisotopic (exact) mass is 385 g/mol. The van der Waals surface area contributed by atoms with Crippen LogP contribution in [0.15, 0.2) is 54.6 Å². The zero-order valence-corrected chi connectivity index (χ0v) is 16.4. The third-order valence-electron chi connectivity index (χ3n) is 4.89. The minimum Gasteiger partial charge on any atom is -0.368 e. The van der Waals surface area contributed by atoms with Crippen LogP contribution in [-0.2, 0) is 9.59 Å². The zero-order chi connectivity index (χ0) is 19.4. The van der Waals surface area contributed by atoms with Crippen LogP contribution in [0, 0.1) is 5.41 Å². The van der Waals surface area contributed by atoms with Crippen molar-refractivity contribution in [1.82, 2.24) is 4.90 Å². The summed E-state index contributed by atoms with van der Waals surface area (Å²) in [5, 5.41) is 3.41. The van der Waals surface area contributed by atoms with Crippen LogP contribution < -0.4 is 10.2 Å². The van der Waals surface area contributed by atoms with E-state index in [0.29, 0.717) is 23.8 Å². The molecule has 6 heteroatoms. The van der Waals surface area contributed by atoms with E-state index in [-0.39, 0.29) is 11.8 Å². The van der Waals surface area contributed by atoms with Gasteiger partial charge < -0.3 is 15.1 Å². The van der Waals surface area contributed by atoms with E-state index >= 15 is 0 Å². The van der Waals surface area contributed by atoms with Crippen LogP contribution in [-0.4, -0.2) is 42.9 Å². The van der Waals surface area contributed by atoms with Gasteiger partial charge in [0.1, 0.15) is 5.41 Å². The maximum Gasteiger partial charge on any atom is 0.239 e. The molecule has 0 aromatic heterocycles. The van der Waals surface area contributed by atoms with E-state index in [1.165, 1.54) is 0 Å². The van der Waals surface area contributed by atoms with Crippen LogP contribution in [0.3, 0.4) is 0 Å². The molecule has 3 rings (SSSR count). The van der Waals surface area contributed by atoms with Gasteiger partial charge in [0.05, 0.1) is 0 Å². The molecule has 0 bridgehead atoms. The van der Waals surface area contributed by atoms with Gasteiger partial charge >= 0.3 is 0 Å². The molecule has 0 radical (unpaired) electrons. The third-order valence-corrected chi connectivity index (χ3v) is 5.14. The molecule has 0 saturated carbocycles. The number of nitrogens with one attached hydrogen (secondary N) is 1. The molecular formula is C21H24ClN3O2. The molecule has 1 fully saturated rings. The Balaban J connectivity index is 1.60. The lowest BCUT2D eigenvalue weighted by Gasteiger charge is -2.39. The van der Waals surface area contributed by atoms with Gasteiger partial charge in [-0.15, -0.1) is 0 Å². The molecule has 0 spiro atoms. The summed E-state index contributed by atoms with van der Waals surface area (Å²) in [4.78, 5) is 29.7. The first-order chi connectivity index (χ1) is 12.9. The van der Waals surface area contributed by atoms with Crippen LogP contribution in [0.2, 0.25) is 5.02 Å². The summed E-state index contributed by atoms with van der Waals surface area (Å²) >= 11 is 5.87. The Morgan fingerprint density at radius 3 is 2.11 bits per heavy atom. The first kappa shape index (κ1) is 19.2. The Morgan fingerprint density at radius 2 is 1.52 bits per heavy atom. The number of para-hydroxylation sites is 1. The van der Waals surface area contributed by atoms with E-state index in [0.717, 1.165) is 18.8 Å². The van der Waals surface area contributed by atoms with Crippen LogP contribution >= 0.6 is 11.6 Å². The number of hydrogen-bond donors (Lipinski definition) is 1. The number of benzene rings is 2. The third kappa shape index (κ3) is 4.42. The van der Waals surface area contributed by atoms with Crippen molar-refractivity contribution in [2.75, 3.05) is 36.4 Å². The molecule has 142 valence electrons. The average Bonchev–Trinajstić information content (AvgIpc) is 2.70. The van der Waals surface area contributed by atoms with Crippen molar-refractivity contribution in [3.05, 3.63) is 59.6 Å². The predicted molar refractivity (Wildman–Crippen MR) is 109 cm³/mol. The van der Waals surface area contributed by atoms with Gasteiger partial charge in [0, 0.05) is 42.6 Å². The van der Waals surface area contributed by atoms with Crippen LogP contribution in [0.25, 0.3) is 0 Å². The van der Waals surface area contributed by atoms with Gasteiger partial charge in [-0.2, -0.15) is 0 Å². The molecule has 0 atom stereocenters. The average molecular weight is 386 g/mol. The van der Waals surface area contributed by atoms with Crippen molar-refractivity contribution in [1.29, 1.82) is 0 Å². The van der Waals surface area contributed by atoms with E-state index in [2.05, 4.69) is 22.3 Å². The number of hydrogen-bond acceptors (Lipinski definition) is 3. The Kier molecular flexibility index (Phi) is 5.71. The normalized spacial score (nSPS) is 14.8. The Bertz CT molecular complexity index is 798. The Labute approximate surface area is 164 Å². The number of nitrogens with zero attached hydrogens (tertiary/aromatic N) is 2. The number of anilines is 2. The fraction of sp³-hybridized carbons (Fsp3) is 0.333. The summed E-state index contributed by atoms with van der Waals surface area (Å²) < 4.78 is 0. The van der Waals surface area contributed by atoms with Gasteiger partial charge in [0.15, 0.2) is 0 Å². The highest BCUT2D eigenvalue weighted by atomic mass is 35.5.